The van der Waals surface area contributed by atoms with Gasteiger partial charge in [0.25, 0.3) is 10.0 Å². The highest BCUT2D eigenvalue weighted by molar-refractivity contribution is 7.89. The van der Waals surface area contributed by atoms with Crippen LogP contribution in [0.3, 0.4) is 0 Å². The number of sulfonamides is 1. The van der Waals surface area contributed by atoms with Gasteiger partial charge in [-0.25, -0.2) is 13.4 Å². The topological polar surface area (TPSA) is 132 Å². The molecular weight excluding hydrogens is 250 g/mol. The van der Waals surface area contributed by atoms with Crippen molar-refractivity contribution in [2.75, 3.05) is 6.61 Å². The van der Waals surface area contributed by atoms with Crippen molar-refractivity contribution in [1.82, 2.24) is 14.7 Å². The number of carbonyl (C=O) groups is 1. The molecule has 1 rings (SSSR count). The molecule has 1 aromatic heterocycles. The molecule has 9 heteroatoms. The maximum Gasteiger partial charge on any atom is 0.324 e. The minimum Gasteiger partial charge on any atom is -0.480 e. The minimum atomic E-state index is -4.01. The zero-order valence-electron chi connectivity index (χ0n) is 9.04. The minimum absolute atomic E-state index is 0.228. The fourth-order valence-electron chi connectivity index (χ4n) is 1.08. The Labute approximate surface area is 97.7 Å². The molecule has 4 N–H and O–H groups in total. The van der Waals surface area contributed by atoms with Crippen LogP contribution in [0.1, 0.15) is 12.7 Å². The van der Waals surface area contributed by atoms with Crippen molar-refractivity contribution in [2.24, 2.45) is 0 Å². The lowest BCUT2D eigenvalue weighted by Gasteiger charge is -2.10. The summed E-state index contributed by atoms with van der Waals surface area (Å²) in [6.45, 7) is 0.958. The van der Waals surface area contributed by atoms with Gasteiger partial charge in [-0.15, -0.1) is 0 Å². The van der Waals surface area contributed by atoms with Gasteiger partial charge >= 0.3 is 5.97 Å². The Morgan fingerprint density at radius 2 is 2.29 bits per heavy atom. The summed E-state index contributed by atoms with van der Waals surface area (Å²) in [6.07, 6.45) is 1.62. The van der Waals surface area contributed by atoms with Gasteiger partial charge in [-0.3, -0.25) is 4.79 Å². The van der Waals surface area contributed by atoms with Crippen LogP contribution in [0, 0.1) is 0 Å². The first-order valence-corrected chi connectivity index (χ1v) is 6.29. The van der Waals surface area contributed by atoms with E-state index in [4.69, 9.17) is 10.2 Å². The van der Waals surface area contributed by atoms with E-state index in [1.807, 2.05) is 4.72 Å². The summed E-state index contributed by atoms with van der Waals surface area (Å²) in [5, 5.41) is 17.1. The van der Waals surface area contributed by atoms with Gasteiger partial charge in [-0.2, -0.15) is 4.72 Å². The van der Waals surface area contributed by atoms with Crippen LogP contribution < -0.4 is 4.72 Å². The average Bonchev–Trinajstić information content (AvgIpc) is 2.74. The van der Waals surface area contributed by atoms with E-state index in [0.717, 1.165) is 6.20 Å². The van der Waals surface area contributed by atoms with E-state index in [1.54, 1.807) is 6.92 Å². The predicted molar refractivity (Wildman–Crippen MR) is 56.8 cm³/mol. The quantitative estimate of drug-likeness (QED) is 0.504. The number of imidazole rings is 1. The Hall–Kier alpha value is -1.45. The molecule has 0 aromatic carbocycles. The Balaban J connectivity index is 2.91. The number of carboxylic acids is 1. The van der Waals surface area contributed by atoms with E-state index >= 15 is 0 Å². The van der Waals surface area contributed by atoms with Crippen molar-refractivity contribution < 1.29 is 23.4 Å². The van der Waals surface area contributed by atoms with Crippen LogP contribution in [0.5, 0.6) is 0 Å². The van der Waals surface area contributed by atoms with Crippen LogP contribution in [-0.2, 0) is 21.2 Å². The second kappa shape index (κ2) is 5.25. The first kappa shape index (κ1) is 13.6. The number of aromatic amines is 1. The van der Waals surface area contributed by atoms with Crippen LogP contribution in [0.25, 0.3) is 0 Å². The largest absolute Gasteiger partial charge is 0.480 e. The van der Waals surface area contributed by atoms with Crippen LogP contribution >= 0.6 is 0 Å². The van der Waals surface area contributed by atoms with Gasteiger partial charge in [-0.05, 0) is 0 Å². The summed E-state index contributed by atoms with van der Waals surface area (Å²) in [7, 11) is -4.01. The highest BCUT2D eigenvalue weighted by Crippen LogP contribution is 2.06. The number of carboxylic acid groups (broad SMARTS) is 1. The number of aryl methyl sites for hydroxylation is 1. The molecule has 96 valence electrons. The van der Waals surface area contributed by atoms with Crippen LogP contribution in [0.2, 0.25) is 0 Å². The van der Waals surface area contributed by atoms with Crippen molar-refractivity contribution in [1.29, 1.82) is 0 Å². The number of aromatic nitrogens is 2. The molecule has 0 spiro atoms. The molecule has 0 bridgehead atoms. The van der Waals surface area contributed by atoms with Gasteiger partial charge in [0, 0.05) is 6.42 Å². The van der Waals surface area contributed by atoms with Gasteiger partial charge in [-0.1, -0.05) is 6.92 Å². The number of hydrogen-bond acceptors (Lipinski definition) is 5. The normalized spacial score (nSPS) is 13.5. The summed E-state index contributed by atoms with van der Waals surface area (Å²) >= 11 is 0. The van der Waals surface area contributed by atoms with Crippen molar-refractivity contribution in [3.8, 4) is 0 Å². The first-order chi connectivity index (χ1) is 7.90. The molecule has 1 aromatic rings. The van der Waals surface area contributed by atoms with Crippen LogP contribution in [0.15, 0.2) is 11.2 Å². The van der Waals surface area contributed by atoms with E-state index in [1.165, 1.54) is 0 Å². The average molecular weight is 263 g/mol. The van der Waals surface area contributed by atoms with E-state index < -0.39 is 28.6 Å². The number of nitrogens with zero attached hydrogens (tertiary/aromatic N) is 1. The summed E-state index contributed by atoms with van der Waals surface area (Å²) in [4.78, 5) is 16.9. The summed E-state index contributed by atoms with van der Waals surface area (Å²) < 4.78 is 25.2. The molecule has 0 aliphatic rings. The Morgan fingerprint density at radius 3 is 2.71 bits per heavy atom. The fraction of sp³-hybridized carbons (Fsp3) is 0.500. The lowest BCUT2D eigenvalue weighted by Crippen LogP contribution is -2.43. The number of H-pyrrole nitrogens is 1. The molecule has 0 amide bonds. The molecule has 17 heavy (non-hydrogen) atoms. The number of hydrogen-bond donors (Lipinski definition) is 4. The summed E-state index contributed by atoms with van der Waals surface area (Å²) in [5.41, 5.74) is 0. The maximum absolute atomic E-state index is 11.7. The van der Waals surface area contributed by atoms with E-state index in [9.17, 15) is 13.2 Å². The van der Waals surface area contributed by atoms with Gasteiger partial charge in [0.2, 0.25) is 0 Å². The number of aliphatic carboxylic acids is 1. The van der Waals surface area contributed by atoms with Gasteiger partial charge in [0.15, 0.2) is 5.03 Å². The lowest BCUT2D eigenvalue weighted by molar-refractivity contribution is -0.139. The molecule has 0 aliphatic carbocycles. The number of aliphatic hydroxyl groups excluding tert-OH is 1. The van der Waals surface area contributed by atoms with E-state index in [2.05, 4.69) is 9.97 Å². The Bertz CT molecular complexity index is 495. The maximum atomic E-state index is 11.7. The molecule has 1 heterocycles. The number of aliphatic hydroxyl groups is 1. The van der Waals surface area contributed by atoms with Crippen molar-refractivity contribution in [2.45, 2.75) is 24.4 Å². The molecule has 0 aliphatic heterocycles. The monoisotopic (exact) mass is 263 g/mol. The van der Waals surface area contributed by atoms with Gasteiger partial charge in [0.05, 0.1) is 12.8 Å². The second-order valence-corrected chi connectivity index (χ2v) is 4.92. The summed E-state index contributed by atoms with van der Waals surface area (Å²) in [6, 6.07) is -1.58. The zero-order chi connectivity index (χ0) is 13.1. The Kier molecular flexibility index (Phi) is 4.21. The lowest BCUT2D eigenvalue weighted by atomic mass is 10.3. The summed E-state index contributed by atoms with van der Waals surface area (Å²) in [5.74, 6) is -0.979. The third-order valence-electron chi connectivity index (χ3n) is 2.01. The highest BCUT2D eigenvalue weighted by atomic mass is 32.2. The third-order valence-corrected chi connectivity index (χ3v) is 3.39. The second-order valence-electron chi connectivity index (χ2n) is 3.24. The molecule has 8 nitrogen and oxygen atoms in total. The van der Waals surface area contributed by atoms with Gasteiger partial charge in [0.1, 0.15) is 11.9 Å². The van der Waals surface area contributed by atoms with Crippen molar-refractivity contribution in [3.63, 3.8) is 0 Å². The zero-order valence-corrected chi connectivity index (χ0v) is 9.86. The molecule has 0 saturated heterocycles. The molecule has 0 saturated carbocycles. The molecule has 1 unspecified atom stereocenters. The number of nitrogens with one attached hydrogen (secondary N) is 2. The molecular formula is C8H13N3O5S. The smallest absolute Gasteiger partial charge is 0.324 e. The molecule has 1 atom stereocenters. The van der Waals surface area contributed by atoms with Crippen molar-refractivity contribution in [3.05, 3.63) is 12.0 Å². The third kappa shape index (κ3) is 3.25. The van der Waals surface area contributed by atoms with Crippen molar-refractivity contribution >= 4 is 16.0 Å². The molecule has 0 radical (unpaired) electrons. The van der Waals surface area contributed by atoms with E-state index in [0.29, 0.717) is 12.2 Å². The predicted octanol–water partition coefficient (Wildman–Crippen LogP) is -1.30. The number of rotatable bonds is 6. The fourth-order valence-corrected chi connectivity index (χ4v) is 2.20. The Morgan fingerprint density at radius 1 is 1.65 bits per heavy atom. The van der Waals surface area contributed by atoms with Crippen LogP contribution in [-0.4, -0.2) is 47.2 Å². The molecule has 0 fully saturated rings. The van der Waals surface area contributed by atoms with Crippen LogP contribution in [0.4, 0.5) is 0 Å². The highest BCUT2D eigenvalue weighted by Gasteiger charge is 2.25. The van der Waals surface area contributed by atoms with Gasteiger partial charge < -0.3 is 15.2 Å². The SMILES string of the molecule is CCc1ncc(S(=O)(=O)NC(CO)C(=O)O)[nH]1. The first-order valence-electron chi connectivity index (χ1n) is 4.80. The van der Waals surface area contributed by atoms with E-state index in [-0.39, 0.29) is 5.03 Å². The standard InChI is InChI=1S/C8H13N3O5S/c1-2-6-9-3-7(10-6)17(15,16)11-5(4-12)8(13)14/h3,5,11-12H,2,4H2,1H3,(H,9,10)(H,13,14).